The van der Waals surface area contributed by atoms with Crippen molar-refractivity contribution in [2.45, 2.75) is 6.54 Å². The lowest BCUT2D eigenvalue weighted by molar-refractivity contribution is 0.626. The van der Waals surface area contributed by atoms with Crippen LogP contribution in [0.25, 0.3) is 0 Å². The van der Waals surface area contributed by atoms with E-state index < -0.39 is 0 Å². The maximum atomic E-state index is 12.7. The second kappa shape index (κ2) is 4.18. The molecule has 0 aliphatic heterocycles. The summed E-state index contributed by atoms with van der Waals surface area (Å²) >= 11 is 0. The average Bonchev–Trinajstić information content (AvgIpc) is 2.25. The Morgan fingerprint density at radius 1 is 1.19 bits per heavy atom. The van der Waals surface area contributed by atoms with Gasteiger partial charge in [0.15, 0.2) is 0 Å². The lowest BCUT2D eigenvalue weighted by Gasteiger charge is -2.05. The predicted octanol–water partition coefficient (Wildman–Crippen LogP) is 1.62. The van der Waals surface area contributed by atoms with E-state index in [9.17, 15) is 9.18 Å². The van der Waals surface area contributed by atoms with Crippen molar-refractivity contribution in [3.63, 3.8) is 0 Å². The van der Waals surface area contributed by atoms with Crippen LogP contribution in [-0.2, 0) is 6.54 Å². The maximum absolute atomic E-state index is 12.7. The van der Waals surface area contributed by atoms with Gasteiger partial charge in [0.2, 0.25) is 0 Å². The van der Waals surface area contributed by atoms with Gasteiger partial charge >= 0.3 is 0 Å². The molecule has 0 aliphatic carbocycles. The topological polar surface area (TPSA) is 48.0 Å². The lowest BCUT2D eigenvalue weighted by atomic mass is 10.2. The number of nitrogens with zero attached hydrogens (tertiary/aromatic N) is 1. The Hall–Kier alpha value is -2.10. The van der Waals surface area contributed by atoms with Crippen molar-refractivity contribution in [3.8, 4) is 0 Å². The molecule has 0 radical (unpaired) electrons. The quantitative estimate of drug-likeness (QED) is 0.832. The molecule has 1 aromatic heterocycles. The Kier molecular flexibility index (Phi) is 2.72. The van der Waals surface area contributed by atoms with E-state index in [4.69, 9.17) is 5.73 Å². The van der Waals surface area contributed by atoms with Crippen molar-refractivity contribution >= 4 is 5.69 Å². The number of benzene rings is 1. The Morgan fingerprint density at radius 3 is 2.50 bits per heavy atom. The summed E-state index contributed by atoms with van der Waals surface area (Å²) in [6, 6.07) is 9.07. The van der Waals surface area contributed by atoms with Crippen LogP contribution in [0.1, 0.15) is 5.56 Å². The van der Waals surface area contributed by atoms with Crippen molar-refractivity contribution in [1.29, 1.82) is 0 Å². The molecule has 0 unspecified atom stereocenters. The third kappa shape index (κ3) is 2.28. The van der Waals surface area contributed by atoms with Gasteiger partial charge in [-0.25, -0.2) is 4.39 Å². The number of hydrogen-bond donors (Lipinski definition) is 1. The SMILES string of the molecule is Nc1ccn(Cc2ccc(F)cc2)c(=O)c1. The van der Waals surface area contributed by atoms with E-state index in [1.165, 1.54) is 22.8 Å². The highest BCUT2D eigenvalue weighted by Crippen LogP contribution is 2.04. The highest BCUT2D eigenvalue weighted by Gasteiger charge is 1.98. The zero-order valence-electron chi connectivity index (χ0n) is 8.56. The summed E-state index contributed by atoms with van der Waals surface area (Å²) in [4.78, 5) is 11.5. The monoisotopic (exact) mass is 218 g/mol. The van der Waals surface area contributed by atoms with Crippen molar-refractivity contribution in [2.24, 2.45) is 0 Å². The maximum Gasteiger partial charge on any atom is 0.252 e. The van der Waals surface area contributed by atoms with Crippen LogP contribution in [0.2, 0.25) is 0 Å². The zero-order valence-corrected chi connectivity index (χ0v) is 8.56. The van der Waals surface area contributed by atoms with Gasteiger partial charge in [-0.15, -0.1) is 0 Å². The van der Waals surface area contributed by atoms with E-state index >= 15 is 0 Å². The molecule has 0 saturated heterocycles. The summed E-state index contributed by atoms with van der Waals surface area (Å²) in [7, 11) is 0. The van der Waals surface area contributed by atoms with Gasteiger partial charge in [-0.05, 0) is 23.8 Å². The fraction of sp³-hybridized carbons (Fsp3) is 0.0833. The van der Waals surface area contributed by atoms with E-state index in [1.54, 1.807) is 24.4 Å². The van der Waals surface area contributed by atoms with Gasteiger partial charge in [-0.1, -0.05) is 12.1 Å². The van der Waals surface area contributed by atoms with Crippen molar-refractivity contribution in [1.82, 2.24) is 4.57 Å². The first-order chi connectivity index (χ1) is 7.65. The number of rotatable bonds is 2. The van der Waals surface area contributed by atoms with Gasteiger partial charge in [0.05, 0.1) is 6.54 Å². The number of nitrogen functional groups attached to an aromatic ring is 1. The second-order valence-corrected chi connectivity index (χ2v) is 3.55. The molecular weight excluding hydrogens is 207 g/mol. The predicted molar refractivity (Wildman–Crippen MR) is 60.6 cm³/mol. The van der Waals surface area contributed by atoms with Gasteiger partial charge in [-0.2, -0.15) is 0 Å². The number of hydrogen-bond acceptors (Lipinski definition) is 2. The van der Waals surface area contributed by atoms with Crippen LogP contribution < -0.4 is 11.3 Å². The normalized spacial score (nSPS) is 10.3. The molecule has 0 atom stereocenters. The summed E-state index contributed by atoms with van der Waals surface area (Å²) in [6.07, 6.45) is 1.63. The third-order valence-electron chi connectivity index (χ3n) is 2.29. The Bertz CT molecular complexity index is 546. The zero-order chi connectivity index (χ0) is 11.5. The molecule has 16 heavy (non-hydrogen) atoms. The van der Waals surface area contributed by atoms with E-state index in [2.05, 4.69) is 0 Å². The minimum atomic E-state index is -0.284. The van der Waals surface area contributed by atoms with Crippen LogP contribution in [0, 0.1) is 5.82 Å². The number of halogens is 1. The van der Waals surface area contributed by atoms with Crippen molar-refractivity contribution in [2.75, 3.05) is 5.73 Å². The minimum Gasteiger partial charge on any atom is -0.399 e. The summed E-state index contributed by atoms with van der Waals surface area (Å²) < 4.78 is 14.2. The molecule has 1 heterocycles. The van der Waals surface area contributed by atoms with Gasteiger partial charge in [0.1, 0.15) is 5.82 Å². The Morgan fingerprint density at radius 2 is 1.88 bits per heavy atom. The molecule has 0 bridgehead atoms. The van der Waals surface area contributed by atoms with E-state index in [1.807, 2.05) is 0 Å². The first-order valence-corrected chi connectivity index (χ1v) is 4.85. The highest BCUT2D eigenvalue weighted by atomic mass is 19.1. The summed E-state index contributed by atoms with van der Waals surface area (Å²) in [5.41, 5.74) is 6.63. The van der Waals surface area contributed by atoms with Crippen LogP contribution in [0.15, 0.2) is 47.4 Å². The minimum absolute atomic E-state index is 0.163. The molecular formula is C12H11FN2O. The van der Waals surface area contributed by atoms with E-state index in [0.29, 0.717) is 12.2 Å². The van der Waals surface area contributed by atoms with Crippen LogP contribution in [0.3, 0.4) is 0 Å². The number of nitrogens with two attached hydrogens (primary N) is 1. The molecule has 0 spiro atoms. The van der Waals surface area contributed by atoms with Crippen LogP contribution >= 0.6 is 0 Å². The summed E-state index contributed by atoms with van der Waals surface area (Å²) in [5, 5.41) is 0. The average molecular weight is 218 g/mol. The standard InChI is InChI=1S/C12H11FN2O/c13-10-3-1-9(2-4-10)8-15-6-5-11(14)7-12(15)16/h1-7H,8,14H2. The van der Waals surface area contributed by atoms with Crippen LogP contribution in [0.5, 0.6) is 0 Å². The molecule has 0 saturated carbocycles. The van der Waals surface area contributed by atoms with Gasteiger partial charge in [-0.3, -0.25) is 4.79 Å². The molecule has 4 heteroatoms. The summed E-state index contributed by atoms with van der Waals surface area (Å²) in [6.45, 7) is 0.416. The smallest absolute Gasteiger partial charge is 0.252 e. The first-order valence-electron chi connectivity index (χ1n) is 4.85. The number of pyridine rings is 1. The highest BCUT2D eigenvalue weighted by molar-refractivity contribution is 5.34. The fourth-order valence-corrected chi connectivity index (χ4v) is 1.44. The van der Waals surface area contributed by atoms with Crippen molar-refractivity contribution < 1.29 is 4.39 Å². The molecule has 2 N–H and O–H groups in total. The van der Waals surface area contributed by atoms with E-state index in [0.717, 1.165) is 5.56 Å². The van der Waals surface area contributed by atoms with Crippen LogP contribution in [-0.4, -0.2) is 4.57 Å². The molecule has 82 valence electrons. The number of aromatic nitrogens is 1. The Labute approximate surface area is 92.0 Å². The molecule has 2 rings (SSSR count). The third-order valence-corrected chi connectivity index (χ3v) is 2.29. The largest absolute Gasteiger partial charge is 0.399 e. The van der Waals surface area contributed by atoms with Crippen LogP contribution in [0.4, 0.5) is 10.1 Å². The molecule has 2 aromatic rings. The first kappa shape index (κ1) is 10.4. The van der Waals surface area contributed by atoms with Gasteiger partial charge < -0.3 is 10.3 Å². The van der Waals surface area contributed by atoms with Gasteiger partial charge in [0.25, 0.3) is 5.56 Å². The summed E-state index contributed by atoms with van der Waals surface area (Å²) in [5.74, 6) is -0.284. The number of anilines is 1. The fourth-order valence-electron chi connectivity index (χ4n) is 1.44. The van der Waals surface area contributed by atoms with Crippen molar-refractivity contribution in [3.05, 3.63) is 64.3 Å². The lowest BCUT2D eigenvalue weighted by Crippen LogP contribution is -2.19. The second-order valence-electron chi connectivity index (χ2n) is 3.55. The molecule has 1 aromatic carbocycles. The Balaban J connectivity index is 2.27. The molecule has 0 fully saturated rings. The molecule has 3 nitrogen and oxygen atoms in total. The van der Waals surface area contributed by atoms with E-state index in [-0.39, 0.29) is 11.4 Å². The molecule has 0 aliphatic rings. The molecule has 0 amide bonds. The van der Waals surface area contributed by atoms with Gasteiger partial charge in [0, 0.05) is 18.0 Å².